The van der Waals surface area contributed by atoms with Crippen LogP contribution in [0.4, 0.5) is 0 Å². The molecule has 1 heterocycles. The van der Waals surface area contributed by atoms with E-state index < -0.39 is 15.3 Å². The first kappa shape index (κ1) is 16.1. The number of nitrogens with one attached hydrogen (secondary N) is 1. The number of aryl methyl sites for hydroxylation is 1. The summed E-state index contributed by atoms with van der Waals surface area (Å²) in [6.07, 6.45) is 7.36. The van der Waals surface area contributed by atoms with Crippen molar-refractivity contribution in [3.63, 3.8) is 0 Å². The molecule has 0 saturated heterocycles. The molecule has 1 unspecified atom stereocenters. The Morgan fingerprint density at radius 1 is 1.53 bits per heavy atom. The fraction of sp³-hybridized carbons (Fsp3) is 0.636. The maximum Gasteiger partial charge on any atom is 0.220 e. The minimum atomic E-state index is -3.44. The van der Waals surface area contributed by atoms with Gasteiger partial charge >= 0.3 is 0 Å². The zero-order valence-corrected chi connectivity index (χ0v) is 12.6. The third-order valence-electron chi connectivity index (χ3n) is 2.77. The Labute approximate surface area is 119 Å². The molecule has 1 atom stereocenters. The largest absolute Gasteiger partial charge is 0.392 e. The summed E-state index contributed by atoms with van der Waals surface area (Å²) in [4.78, 5) is 3.96. The lowest BCUT2D eigenvalue weighted by Crippen LogP contribution is -2.41. The first-order valence-electron chi connectivity index (χ1n) is 6.21. The van der Waals surface area contributed by atoms with Gasteiger partial charge in [0.25, 0.3) is 0 Å². The molecule has 19 heavy (non-hydrogen) atoms. The van der Waals surface area contributed by atoms with Crippen molar-refractivity contribution in [2.45, 2.75) is 38.0 Å². The standard InChI is InChI=1S/C11H20N4O2S2/c1-2-10(11(12)18)19(16,17)14-5-3-4-7-15-8-6-13-9-15/h6,8-10,14H,2-5,7H2,1H3,(H2,12,18). The fourth-order valence-electron chi connectivity index (χ4n) is 1.73. The summed E-state index contributed by atoms with van der Waals surface area (Å²) in [5, 5.41) is -0.781. The average Bonchev–Trinajstić information content (AvgIpc) is 2.81. The van der Waals surface area contributed by atoms with E-state index in [1.54, 1.807) is 19.4 Å². The molecule has 1 aromatic heterocycles. The second-order valence-corrected chi connectivity index (χ2v) is 6.67. The van der Waals surface area contributed by atoms with Crippen LogP contribution < -0.4 is 10.5 Å². The van der Waals surface area contributed by atoms with Crippen LogP contribution in [-0.2, 0) is 16.6 Å². The van der Waals surface area contributed by atoms with Crippen LogP contribution in [0.5, 0.6) is 0 Å². The van der Waals surface area contributed by atoms with E-state index in [1.807, 2.05) is 10.8 Å². The van der Waals surface area contributed by atoms with Gasteiger partial charge in [-0.3, -0.25) is 0 Å². The van der Waals surface area contributed by atoms with Crippen LogP contribution in [0.3, 0.4) is 0 Å². The molecule has 6 nitrogen and oxygen atoms in total. The van der Waals surface area contributed by atoms with Gasteiger partial charge in [-0.1, -0.05) is 19.1 Å². The van der Waals surface area contributed by atoms with Crippen molar-refractivity contribution in [3.8, 4) is 0 Å². The highest BCUT2D eigenvalue weighted by Crippen LogP contribution is 2.05. The Morgan fingerprint density at radius 3 is 2.79 bits per heavy atom. The summed E-state index contributed by atoms with van der Waals surface area (Å²) in [6, 6.07) is 0. The highest BCUT2D eigenvalue weighted by Gasteiger charge is 2.25. The summed E-state index contributed by atoms with van der Waals surface area (Å²) >= 11 is 4.77. The second kappa shape index (κ2) is 7.56. The van der Waals surface area contributed by atoms with Crippen LogP contribution in [0.1, 0.15) is 26.2 Å². The number of hydrogen-bond donors (Lipinski definition) is 2. The van der Waals surface area contributed by atoms with Crippen LogP contribution in [-0.4, -0.2) is 34.8 Å². The molecule has 0 amide bonds. The van der Waals surface area contributed by atoms with Crippen molar-refractivity contribution < 1.29 is 8.42 Å². The molecule has 0 fully saturated rings. The molecule has 0 spiro atoms. The van der Waals surface area contributed by atoms with Crippen molar-refractivity contribution >= 4 is 27.2 Å². The summed E-state index contributed by atoms with van der Waals surface area (Å²) in [5.74, 6) is 0. The van der Waals surface area contributed by atoms with E-state index in [0.29, 0.717) is 13.0 Å². The normalized spacial score (nSPS) is 13.3. The molecule has 0 saturated carbocycles. The van der Waals surface area contributed by atoms with E-state index in [9.17, 15) is 8.42 Å². The summed E-state index contributed by atoms with van der Waals surface area (Å²) in [5.41, 5.74) is 5.43. The van der Waals surface area contributed by atoms with Gasteiger partial charge in [0.2, 0.25) is 10.0 Å². The van der Waals surface area contributed by atoms with Gasteiger partial charge < -0.3 is 10.3 Å². The Hall–Kier alpha value is -0.990. The molecule has 0 aromatic carbocycles. The summed E-state index contributed by atoms with van der Waals surface area (Å²) in [7, 11) is -3.44. The SMILES string of the molecule is CCC(C(N)=S)S(=O)(=O)NCCCCn1ccnc1. The molecule has 0 aliphatic carbocycles. The van der Waals surface area contributed by atoms with Gasteiger partial charge in [0.05, 0.1) is 11.3 Å². The van der Waals surface area contributed by atoms with Gasteiger partial charge in [0.15, 0.2) is 0 Å². The number of nitrogens with two attached hydrogens (primary N) is 1. The quantitative estimate of drug-likeness (QED) is 0.516. The number of unbranched alkanes of at least 4 members (excludes halogenated alkanes) is 1. The van der Waals surface area contributed by atoms with Crippen molar-refractivity contribution in [1.82, 2.24) is 14.3 Å². The van der Waals surface area contributed by atoms with Crippen molar-refractivity contribution in [2.75, 3.05) is 6.54 Å². The molecule has 3 N–H and O–H groups in total. The Balaban J connectivity index is 2.29. The van der Waals surface area contributed by atoms with Gasteiger partial charge in [-0.25, -0.2) is 18.1 Å². The minimum absolute atomic E-state index is 0.0217. The number of nitrogens with zero attached hydrogens (tertiary/aromatic N) is 2. The maximum atomic E-state index is 11.9. The monoisotopic (exact) mass is 304 g/mol. The molecule has 0 aliphatic rings. The fourth-order valence-corrected chi connectivity index (χ4v) is 3.65. The topological polar surface area (TPSA) is 90.0 Å². The van der Waals surface area contributed by atoms with E-state index in [0.717, 1.165) is 19.4 Å². The lowest BCUT2D eigenvalue weighted by Gasteiger charge is -2.15. The average molecular weight is 304 g/mol. The molecule has 8 heteroatoms. The first-order chi connectivity index (χ1) is 8.97. The molecule has 0 radical (unpaired) electrons. The minimum Gasteiger partial charge on any atom is -0.392 e. The van der Waals surface area contributed by atoms with Crippen molar-refractivity contribution in [1.29, 1.82) is 0 Å². The van der Waals surface area contributed by atoms with Gasteiger partial charge in [-0.15, -0.1) is 0 Å². The van der Waals surface area contributed by atoms with E-state index in [2.05, 4.69) is 9.71 Å². The van der Waals surface area contributed by atoms with Crippen molar-refractivity contribution in [2.24, 2.45) is 5.73 Å². The van der Waals surface area contributed by atoms with Crippen LogP contribution in [0.2, 0.25) is 0 Å². The molecular weight excluding hydrogens is 284 g/mol. The van der Waals surface area contributed by atoms with E-state index in [4.69, 9.17) is 18.0 Å². The van der Waals surface area contributed by atoms with E-state index in [1.165, 1.54) is 0 Å². The lowest BCUT2D eigenvalue weighted by molar-refractivity contribution is 0.560. The Kier molecular flexibility index (Phi) is 6.40. The van der Waals surface area contributed by atoms with Crippen LogP contribution in [0.25, 0.3) is 0 Å². The number of imidazole rings is 1. The van der Waals surface area contributed by atoms with Gasteiger partial charge in [0, 0.05) is 25.5 Å². The predicted molar refractivity (Wildman–Crippen MR) is 79.2 cm³/mol. The number of hydrogen-bond acceptors (Lipinski definition) is 4. The number of rotatable bonds is 9. The molecule has 0 aliphatic heterocycles. The predicted octanol–water partition coefficient (Wildman–Crippen LogP) is 0.647. The zero-order chi connectivity index (χ0) is 14.3. The van der Waals surface area contributed by atoms with Crippen molar-refractivity contribution in [3.05, 3.63) is 18.7 Å². The van der Waals surface area contributed by atoms with Crippen LogP contribution >= 0.6 is 12.2 Å². The molecule has 1 aromatic rings. The molecule has 108 valence electrons. The summed E-state index contributed by atoms with van der Waals surface area (Å²) < 4.78 is 28.3. The highest BCUT2D eigenvalue weighted by molar-refractivity contribution is 7.93. The number of aromatic nitrogens is 2. The van der Waals surface area contributed by atoms with E-state index in [-0.39, 0.29) is 4.99 Å². The van der Waals surface area contributed by atoms with Gasteiger partial charge in [0.1, 0.15) is 5.25 Å². The maximum absolute atomic E-state index is 11.9. The van der Waals surface area contributed by atoms with Gasteiger partial charge in [-0.2, -0.15) is 0 Å². The number of thiocarbonyl (C=S) groups is 1. The first-order valence-corrected chi connectivity index (χ1v) is 8.16. The Morgan fingerprint density at radius 2 is 2.26 bits per heavy atom. The van der Waals surface area contributed by atoms with Gasteiger partial charge in [-0.05, 0) is 19.3 Å². The molecule has 0 bridgehead atoms. The third-order valence-corrected chi connectivity index (χ3v) is 5.14. The Bertz CT molecular complexity index is 485. The third kappa shape index (κ3) is 5.25. The molecule has 1 rings (SSSR count). The van der Waals surface area contributed by atoms with Crippen LogP contribution in [0.15, 0.2) is 18.7 Å². The highest BCUT2D eigenvalue weighted by atomic mass is 32.2. The number of sulfonamides is 1. The second-order valence-electron chi connectivity index (χ2n) is 4.25. The van der Waals surface area contributed by atoms with Crippen LogP contribution in [0, 0.1) is 0 Å². The smallest absolute Gasteiger partial charge is 0.220 e. The lowest BCUT2D eigenvalue weighted by atomic mass is 10.3. The zero-order valence-electron chi connectivity index (χ0n) is 10.9. The van der Waals surface area contributed by atoms with E-state index >= 15 is 0 Å². The molecular formula is C11H20N4O2S2. The summed E-state index contributed by atoms with van der Waals surface area (Å²) in [6.45, 7) is 2.98.